The normalized spacial score (nSPS) is 27.6. The minimum Gasteiger partial charge on any atom is -0.481 e. The second kappa shape index (κ2) is 4.99. The lowest BCUT2D eigenvalue weighted by Gasteiger charge is -2.41. The molecule has 2 aliphatic heterocycles. The van der Waals surface area contributed by atoms with E-state index in [1.807, 2.05) is 0 Å². The molecule has 2 rings (SSSR count). The molecular weight excluding hydrogens is 272 g/mol. The van der Waals surface area contributed by atoms with Crippen molar-refractivity contribution in [2.75, 3.05) is 24.6 Å². The van der Waals surface area contributed by atoms with Crippen molar-refractivity contribution in [2.24, 2.45) is 11.8 Å². The van der Waals surface area contributed by atoms with E-state index in [1.165, 1.54) is 4.90 Å². The molecule has 0 aromatic rings. The van der Waals surface area contributed by atoms with Crippen molar-refractivity contribution in [1.82, 2.24) is 10.2 Å². The van der Waals surface area contributed by atoms with E-state index in [0.29, 0.717) is 19.5 Å². The van der Waals surface area contributed by atoms with Crippen LogP contribution in [0, 0.1) is 11.8 Å². The van der Waals surface area contributed by atoms with Crippen LogP contribution in [-0.4, -0.2) is 61.1 Å². The largest absolute Gasteiger partial charge is 0.481 e. The molecule has 2 fully saturated rings. The summed E-state index contributed by atoms with van der Waals surface area (Å²) in [5.74, 6) is -1.21. The minimum absolute atomic E-state index is 0.00153. The van der Waals surface area contributed by atoms with Crippen molar-refractivity contribution in [3.8, 4) is 0 Å². The number of nitrogens with one attached hydrogen (secondary N) is 1. The number of carboxylic acid groups (broad SMARTS) is 1. The van der Waals surface area contributed by atoms with Crippen LogP contribution >= 0.6 is 0 Å². The van der Waals surface area contributed by atoms with Crippen LogP contribution in [0.5, 0.6) is 0 Å². The highest BCUT2D eigenvalue weighted by atomic mass is 32.2. The number of carbonyl (C=O) groups excluding carboxylic acids is 1. The number of nitrogens with zero attached hydrogens (tertiary/aromatic N) is 1. The fourth-order valence-corrected chi connectivity index (χ4v) is 4.04. The van der Waals surface area contributed by atoms with Crippen molar-refractivity contribution in [2.45, 2.75) is 19.4 Å². The highest BCUT2D eigenvalue weighted by Crippen LogP contribution is 2.24. The summed E-state index contributed by atoms with van der Waals surface area (Å²) >= 11 is 0. The van der Waals surface area contributed by atoms with E-state index < -0.39 is 21.7 Å². The van der Waals surface area contributed by atoms with Crippen LogP contribution < -0.4 is 5.32 Å². The number of sulfone groups is 1. The van der Waals surface area contributed by atoms with E-state index in [1.54, 1.807) is 6.92 Å². The van der Waals surface area contributed by atoms with Crippen molar-refractivity contribution < 1.29 is 23.1 Å². The van der Waals surface area contributed by atoms with Gasteiger partial charge in [0.1, 0.15) is 0 Å². The first-order valence-electron chi connectivity index (χ1n) is 6.27. The lowest BCUT2D eigenvalue weighted by Crippen LogP contribution is -2.57. The molecule has 2 atom stereocenters. The molecule has 0 spiro atoms. The standard InChI is InChI=1S/C11H18N2O5S/c1-7(10(14)15)8-4-13(5-8)11(16)12-9-2-3-19(17,18)6-9/h7-9H,2-6H2,1H3,(H,12,16)(H,14,15). The molecular formula is C11H18N2O5S. The molecule has 0 aliphatic carbocycles. The summed E-state index contributed by atoms with van der Waals surface area (Å²) in [6.07, 6.45) is 0.455. The summed E-state index contributed by atoms with van der Waals surface area (Å²) in [4.78, 5) is 24.1. The number of likely N-dealkylation sites (tertiary alicyclic amines) is 1. The van der Waals surface area contributed by atoms with Crippen LogP contribution in [0.3, 0.4) is 0 Å². The van der Waals surface area contributed by atoms with Crippen molar-refractivity contribution >= 4 is 21.8 Å². The second-order valence-corrected chi connectivity index (χ2v) is 7.57. The number of aliphatic carboxylic acids is 1. The Labute approximate surface area is 111 Å². The number of carboxylic acids is 1. The molecule has 0 aromatic carbocycles. The molecule has 2 N–H and O–H groups in total. The SMILES string of the molecule is CC(C(=O)O)C1CN(C(=O)NC2CCS(=O)(=O)C2)C1. The van der Waals surface area contributed by atoms with Crippen molar-refractivity contribution in [3.05, 3.63) is 0 Å². The van der Waals surface area contributed by atoms with E-state index in [0.717, 1.165) is 0 Å². The zero-order valence-corrected chi connectivity index (χ0v) is 11.5. The first kappa shape index (κ1) is 14.1. The van der Waals surface area contributed by atoms with Gasteiger partial charge in [-0.2, -0.15) is 0 Å². The van der Waals surface area contributed by atoms with Gasteiger partial charge in [0.25, 0.3) is 0 Å². The predicted molar refractivity (Wildman–Crippen MR) is 67.5 cm³/mol. The van der Waals surface area contributed by atoms with Gasteiger partial charge in [0, 0.05) is 25.0 Å². The summed E-state index contributed by atoms with van der Waals surface area (Å²) in [7, 11) is -3.00. The average molecular weight is 290 g/mol. The Morgan fingerprint density at radius 3 is 2.47 bits per heavy atom. The summed E-state index contributed by atoms with van der Waals surface area (Å²) in [6, 6.07) is -0.607. The smallest absolute Gasteiger partial charge is 0.317 e. The zero-order valence-electron chi connectivity index (χ0n) is 10.7. The highest BCUT2D eigenvalue weighted by molar-refractivity contribution is 7.91. The van der Waals surface area contributed by atoms with Crippen LogP contribution in [0.15, 0.2) is 0 Å². The summed E-state index contributed by atoms with van der Waals surface area (Å²) in [6.45, 7) is 2.46. The molecule has 19 heavy (non-hydrogen) atoms. The van der Waals surface area contributed by atoms with Crippen LogP contribution in [0.25, 0.3) is 0 Å². The Morgan fingerprint density at radius 1 is 1.37 bits per heavy atom. The van der Waals surface area contributed by atoms with Crippen LogP contribution in [0.4, 0.5) is 4.79 Å². The Morgan fingerprint density at radius 2 is 2.00 bits per heavy atom. The molecule has 2 unspecified atom stereocenters. The Balaban J connectivity index is 1.77. The monoisotopic (exact) mass is 290 g/mol. The molecule has 0 bridgehead atoms. The molecule has 8 heteroatoms. The molecule has 2 aliphatic rings. The Hall–Kier alpha value is -1.31. The highest BCUT2D eigenvalue weighted by Gasteiger charge is 2.38. The number of rotatable bonds is 3. The quantitative estimate of drug-likeness (QED) is 0.731. The number of carbonyl (C=O) groups is 2. The molecule has 2 saturated heterocycles. The summed E-state index contributed by atoms with van der Waals surface area (Å²) in [5, 5.41) is 11.5. The van der Waals surface area contributed by atoms with Crippen molar-refractivity contribution in [1.29, 1.82) is 0 Å². The predicted octanol–water partition coefficient (Wildman–Crippen LogP) is -0.464. The van der Waals surface area contributed by atoms with Crippen LogP contribution in [-0.2, 0) is 14.6 Å². The van der Waals surface area contributed by atoms with E-state index in [-0.39, 0.29) is 29.5 Å². The number of hydrogen-bond donors (Lipinski definition) is 2. The van der Waals surface area contributed by atoms with Gasteiger partial charge >= 0.3 is 12.0 Å². The lowest BCUT2D eigenvalue weighted by molar-refractivity contribution is -0.144. The minimum atomic E-state index is -3.00. The summed E-state index contributed by atoms with van der Waals surface area (Å²) in [5.41, 5.74) is 0. The number of urea groups is 1. The maximum absolute atomic E-state index is 11.8. The summed E-state index contributed by atoms with van der Waals surface area (Å²) < 4.78 is 22.5. The van der Waals surface area contributed by atoms with E-state index in [2.05, 4.69) is 5.32 Å². The third-order valence-corrected chi connectivity index (χ3v) is 5.62. The maximum Gasteiger partial charge on any atom is 0.317 e. The first-order chi connectivity index (χ1) is 8.78. The van der Waals surface area contributed by atoms with Gasteiger partial charge in [-0.1, -0.05) is 6.92 Å². The van der Waals surface area contributed by atoms with Gasteiger partial charge in [-0.3, -0.25) is 4.79 Å². The molecule has 2 amide bonds. The lowest BCUT2D eigenvalue weighted by atomic mass is 9.87. The molecule has 108 valence electrons. The number of amides is 2. The number of hydrogen-bond acceptors (Lipinski definition) is 4. The molecule has 2 heterocycles. The van der Waals surface area contributed by atoms with Gasteiger partial charge in [-0.15, -0.1) is 0 Å². The fraction of sp³-hybridized carbons (Fsp3) is 0.818. The Kier molecular flexibility index (Phi) is 3.71. The van der Waals surface area contributed by atoms with E-state index in [4.69, 9.17) is 5.11 Å². The molecule has 0 saturated carbocycles. The fourth-order valence-electron chi connectivity index (χ4n) is 2.37. The molecule has 7 nitrogen and oxygen atoms in total. The van der Waals surface area contributed by atoms with Gasteiger partial charge in [-0.25, -0.2) is 13.2 Å². The Bertz CT molecular complexity index is 483. The maximum atomic E-state index is 11.8. The zero-order chi connectivity index (χ0) is 14.2. The third kappa shape index (κ3) is 3.17. The first-order valence-corrected chi connectivity index (χ1v) is 8.09. The van der Waals surface area contributed by atoms with Gasteiger partial charge < -0.3 is 15.3 Å². The third-order valence-electron chi connectivity index (χ3n) is 3.85. The van der Waals surface area contributed by atoms with Gasteiger partial charge in [0.15, 0.2) is 9.84 Å². The van der Waals surface area contributed by atoms with Crippen LogP contribution in [0.2, 0.25) is 0 Å². The van der Waals surface area contributed by atoms with Crippen LogP contribution in [0.1, 0.15) is 13.3 Å². The van der Waals surface area contributed by atoms with E-state index in [9.17, 15) is 18.0 Å². The van der Waals surface area contributed by atoms with Gasteiger partial charge in [0.2, 0.25) is 0 Å². The molecule has 0 aromatic heterocycles. The van der Waals surface area contributed by atoms with Gasteiger partial charge in [-0.05, 0) is 6.42 Å². The molecule has 0 radical (unpaired) electrons. The topological polar surface area (TPSA) is 104 Å². The van der Waals surface area contributed by atoms with Crippen molar-refractivity contribution in [3.63, 3.8) is 0 Å². The average Bonchev–Trinajstić information content (AvgIpc) is 2.55. The van der Waals surface area contributed by atoms with Gasteiger partial charge in [0.05, 0.1) is 17.4 Å². The second-order valence-electron chi connectivity index (χ2n) is 5.34. The van der Waals surface area contributed by atoms with E-state index >= 15 is 0 Å².